The number of amides is 3. The van der Waals surface area contributed by atoms with Crippen LogP contribution >= 0.6 is 11.6 Å². The summed E-state index contributed by atoms with van der Waals surface area (Å²) in [5.74, 6) is -2.98. The van der Waals surface area contributed by atoms with E-state index in [4.69, 9.17) is 33.3 Å². The van der Waals surface area contributed by atoms with Gasteiger partial charge in [0.1, 0.15) is 12.1 Å². The number of primary amides is 2. The zero-order valence-corrected chi connectivity index (χ0v) is 32.6. The molecule has 0 fully saturated rings. The summed E-state index contributed by atoms with van der Waals surface area (Å²) in [6, 6.07) is -1.59. The number of hydrogen-bond donors (Lipinski definition) is 6. The minimum Gasteiger partial charge on any atom is -0.870 e. The van der Waals surface area contributed by atoms with E-state index in [1.54, 1.807) is 13.8 Å². The third-order valence-electron chi connectivity index (χ3n) is 4.39. The summed E-state index contributed by atoms with van der Waals surface area (Å²) in [6.07, 6.45) is 2.80. The molecular weight excluding hydrogens is 707 g/mol. The van der Waals surface area contributed by atoms with Gasteiger partial charge in [-0.1, -0.05) is 91.1 Å². The molecule has 16 heteroatoms. The Balaban J connectivity index is -0.0000000319. The van der Waals surface area contributed by atoms with Gasteiger partial charge in [-0.25, -0.2) is 0 Å². The molecule has 3 atom stereocenters. The van der Waals surface area contributed by atoms with Gasteiger partial charge < -0.3 is 38.2 Å². The molecule has 3 unspecified atom stereocenters. The topological polar surface area (TPSA) is 280 Å². The first-order chi connectivity index (χ1) is 20.0. The van der Waals surface area contributed by atoms with Crippen molar-refractivity contribution in [3.8, 4) is 0 Å². The maximum absolute atomic E-state index is 10.8. The number of carbonyl (C=O) groups is 7. The molecule has 0 aliphatic carbocycles. The van der Waals surface area contributed by atoms with Gasteiger partial charge in [0.05, 0.1) is 0 Å². The maximum atomic E-state index is 10.8. The number of nitrogens with one attached hydrogen (secondary N) is 1. The van der Waals surface area contributed by atoms with Crippen molar-refractivity contribution in [2.75, 3.05) is 0 Å². The number of halogens is 1. The van der Waals surface area contributed by atoms with Gasteiger partial charge in [-0.05, 0) is 83.0 Å². The second kappa shape index (κ2) is 50.0. The molecule has 0 saturated carbocycles. The molecule has 14 nitrogen and oxygen atoms in total. The normalized spacial score (nSPS) is 9.54. The van der Waals surface area contributed by atoms with Gasteiger partial charge in [-0.15, -0.1) is 0 Å². The molecule has 0 aromatic carbocycles. The fourth-order valence-corrected chi connectivity index (χ4v) is 1.57. The number of carboxylic acids is 2. The summed E-state index contributed by atoms with van der Waals surface area (Å²) in [6.45, 7) is 30.6. The first-order valence-corrected chi connectivity index (χ1v) is 13.8. The van der Waals surface area contributed by atoms with Crippen LogP contribution in [0.15, 0.2) is 49.1 Å². The molecule has 0 rings (SSSR count). The molecule has 0 bridgehead atoms. The van der Waals surface area contributed by atoms with Gasteiger partial charge >= 0.3 is 41.5 Å². The third kappa shape index (κ3) is 86.0. The van der Waals surface area contributed by atoms with Crippen molar-refractivity contribution in [2.24, 2.45) is 28.5 Å². The van der Waals surface area contributed by atoms with Crippen LogP contribution in [0.2, 0.25) is 0 Å². The van der Waals surface area contributed by atoms with Gasteiger partial charge in [0.2, 0.25) is 23.0 Å². The predicted molar refractivity (Wildman–Crippen MR) is 215 cm³/mol. The number of ketones is 1. The smallest absolute Gasteiger partial charge is 0.870 e. The fourth-order valence-electron chi connectivity index (χ4n) is 1.57. The quantitative estimate of drug-likeness (QED) is 0.106. The standard InChI is InChI=1S/C9H19NO.C7H11NO3.C5H8O.C4H5ClO.C3H7NO2.C3H5NO.5CH4.Na.H2O/c1-5-7(8(10)11)6-9(2,3)4;1-4(2)6(9)8-5(3)7(10)11;1-4(2)5(3)6;1-3(2)4(5)6;1-2(4)3(5)6;1-2-3(4)5;;;;;;;/h7H,5-6H2,1-4H3,(H2,10,11);5H,1H2,2-3H3,(H,8,9)(H,10,11);1H2,2-3H3;1H2,2H3;2H,4H2,1H3,(H,5,6);2H,1H2,(H2,4,5);5*1H4;;1H2/q;;;;;;;;;;;+1;/p-1. The van der Waals surface area contributed by atoms with Crippen LogP contribution in [-0.4, -0.2) is 68.5 Å². The van der Waals surface area contributed by atoms with E-state index in [9.17, 15) is 33.6 Å². The second-order valence-corrected chi connectivity index (χ2v) is 11.1. The molecule has 0 aromatic heterocycles. The first-order valence-electron chi connectivity index (χ1n) is 13.4. The summed E-state index contributed by atoms with van der Waals surface area (Å²) in [7, 11) is 0. The van der Waals surface area contributed by atoms with Crippen molar-refractivity contribution in [2.45, 2.75) is 131 Å². The molecule has 308 valence electrons. The van der Waals surface area contributed by atoms with Gasteiger partial charge in [-0.3, -0.25) is 33.6 Å². The molecule has 52 heavy (non-hydrogen) atoms. The molecular formula is C36H76ClN4NaO10. The van der Waals surface area contributed by atoms with Crippen LogP contribution in [0, 0.1) is 11.3 Å². The van der Waals surface area contributed by atoms with Crippen LogP contribution in [0.4, 0.5) is 0 Å². The molecule has 0 aromatic rings. The van der Waals surface area contributed by atoms with E-state index in [1.165, 1.54) is 27.7 Å². The number of carboxylic acid groups (broad SMARTS) is 2. The van der Waals surface area contributed by atoms with E-state index in [2.05, 4.69) is 58.1 Å². The summed E-state index contributed by atoms with van der Waals surface area (Å²) in [4.78, 5) is 70.7. The fraction of sp³-hybridized carbons (Fsp3) is 0.583. The Morgan fingerprint density at radius 1 is 0.788 bits per heavy atom. The van der Waals surface area contributed by atoms with E-state index in [0.717, 1.165) is 18.9 Å². The molecule has 0 aliphatic heterocycles. The summed E-state index contributed by atoms with van der Waals surface area (Å²) in [5, 5.41) is 18.0. The number of carbonyl (C=O) groups excluding carboxylic acids is 5. The molecule has 3 amide bonds. The van der Waals surface area contributed by atoms with Gasteiger partial charge in [0.25, 0.3) is 0 Å². The van der Waals surface area contributed by atoms with Crippen molar-refractivity contribution in [3.05, 3.63) is 49.1 Å². The monoisotopic (exact) mass is 783 g/mol. The minimum atomic E-state index is -1.06. The molecule has 0 radical (unpaired) electrons. The van der Waals surface area contributed by atoms with Crippen molar-refractivity contribution in [1.29, 1.82) is 0 Å². The average Bonchev–Trinajstić information content (AvgIpc) is 2.87. The zero-order chi connectivity index (χ0) is 37.8. The van der Waals surface area contributed by atoms with Crippen LogP contribution in [0.5, 0.6) is 0 Å². The molecule has 0 saturated heterocycles. The summed E-state index contributed by atoms with van der Waals surface area (Å²) in [5.41, 5.74) is 16.1. The molecule has 0 heterocycles. The maximum Gasteiger partial charge on any atom is 1.00 e. The van der Waals surface area contributed by atoms with Crippen molar-refractivity contribution >= 4 is 52.3 Å². The summed E-state index contributed by atoms with van der Waals surface area (Å²) < 4.78 is 0. The number of allylic oxidation sites excluding steroid dienone is 2. The second-order valence-electron chi connectivity index (χ2n) is 10.7. The van der Waals surface area contributed by atoms with Crippen LogP contribution in [0.25, 0.3) is 0 Å². The van der Waals surface area contributed by atoms with E-state index in [1.807, 2.05) is 6.92 Å². The Morgan fingerprint density at radius 3 is 1.13 bits per heavy atom. The molecule has 0 aliphatic rings. The van der Waals surface area contributed by atoms with Crippen LogP contribution in [-0.2, 0) is 33.6 Å². The number of nitrogens with two attached hydrogens (primary N) is 3. The van der Waals surface area contributed by atoms with Crippen molar-refractivity contribution in [3.63, 3.8) is 0 Å². The molecule has 0 spiro atoms. The Labute approximate surface area is 343 Å². The van der Waals surface area contributed by atoms with Crippen LogP contribution in [0.1, 0.15) is 119 Å². The van der Waals surface area contributed by atoms with Crippen LogP contribution < -0.4 is 52.1 Å². The Hall–Kier alpha value is -3.14. The van der Waals surface area contributed by atoms with E-state index in [-0.39, 0.29) is 95.2 Å². The van der Waals surface area contributed by atoms with Gasteiger partial charge in [-0.2, -0.15) is 0 Å². The number of hydrogen-bond acceptors (Lipinski definition) is 9. The van der Waals surface area contributed by atoms with Gasteiger partial charge in [0.15, 0.2) is 5.78 Å². The van der Waals surface area contributed by atoms with E-state index >= 15 is 0 Å². The predicted octanol–water partition coefficient (Wildman–Crippen LogP) is 3.65. The first kappa shape index (κ1) is 87.0. The van der Waals surface area contributed by atoms with Crippen molar-refractivity contribution in [1.82, 2.24) is 5.32 Å². The SMILES string of the molecule is C.C.C.C.C.C=C(C)C(=O)Cl.C=C(C)C(=O)NC(C)C(=O)O.C=C(C)C(C)=O.C=CC(N)=O.CC(N)C(=O)O.CCC(CC(C)(C)C)C(N)=O.[Na+].[OH-]. The van der Waals surface area contributed by atoms with E-state index in [0.29, 0.717) is 16.7 Å². The third-order valence-corrected chi connectivity index (χ3v) is 4.71. The largest absolute Gasteiger partial charge is 1.00 e. The number of aliphatic carboxylic acids is 2. The average molecular weight is 783 g/mol. The zero-order valence-electron chi connectivity index (χ0n) is 29.9. The minimum absolute atomic E-state index is 0. The van der Waals surface area contributed by atoms with Gasteiger partial charge in [0, 0.05) is 17.1 Å². The number of Topliss-reactive ketones (excluding diaryl/α,β-unsaturated/α-hetero) is 1. The Kier molecular flexibility index (Phi) is 83.6. The Bertz CT molecular complexity index is 995. The molecule has 10 N–H and O–H groups in total. The Morgan fingerprint density at radius 2 is 1.06 bits per heavy atom. The van der Waals surface area contributed by atoms with Crippen molar-refractivity contribution < 1.29 is 78.8 Å². The van der Waals surface area contributed by atoms with E-state index < -0.39 is 41.1 Å². The summed E-state index contributed by atoms with van der Waals surface area (Å²) >= 11 is 4.87. The number of rotatable bonds is 10. The van der Waals surface area contributed by atoms with Crippen LogP contribution in [0.3, 0.4) is 0 Å².